The third-order valence-electron chi connectivity index (χ3n) is 3.70. The van der Waals surface area contributed by atoms with Gasteiger partial charge in [0.1, 0.15) is 5.82 Å². The first-order chi connectivity index (χ1) is 9.25. The van der Waals surface area contributed by atoms with E-state index in [2.05, 4.69) is 17.2 Å². The van der Waals surface area contributed by atoms with Gasteiger partial charge in [-0.15, -0.1) is 0 Å². The predicted octanol–water partition coefficient (Wildman–Crippen LogP) is 1.35. The molecule has 0 radical (unpaired) electrons. The van der Waals surface area contributed by atoms with Crippen molar-refractivity contribution in [2.45, 2.75) is 26.4 Å². The van der Waals surface area contributed by atoms with Crippen LogP contribution < -0.4 is 4.90 Å². The van der Waals surface area contributed by atoms with Crippen LogP contribution in [0.25, 0.3) is 5.69 Å². The number of hydrogen-bond donors (Lipinski definition) is 1. The molecular weight excluding hydrogens is 256 g/mol. The molecule has 1 saturated heterocycles. The number of aromatic nitrogens is 3. The fourth-order valence-electron chi connectivity index (χ4n) is 2.74. The Balaban J connectivity index is 1.94. The van der Waals surface area contributed by atoms with Gasteiger partial charge in [0.2, 0.25) is 4.77 Å². The Kier molecular flexibility index (Phi) is 3.48. The van der Waals surface area contributed by atoms with Crippen LogP contribution in [0.5, 0.6) is 0 Å². The van der Waals surface area contributed by atoms with E-state index in [0.717, 1.165) is 23.0 Å². The topological polar surface area (TPSA) is 27.2 Å². The fourth-order valence-corrected chi connectivity index (χ4v) is 3.08. The third-order valence-corrected chi connectivity index (χ3v) is 4.09. The van der Waals surface area contributed by atoms with E-state index in [1.54, 1.807) is 4.90 Å². The van der Waals surface area contributed by atoms with Crippen molar-refractivity contribution in [2.24, 2.45) is 0 Å². The second kappa shape index (κ2) is 5.27. The molecule has 5 heteroatoms. The van der Waals surface area contributed by atoms with Crippen molar-refractivity contribution in [1.29, 1.82) is 0 Å². The SMILES string of the molecule is Cc1nn(C[NH+]2CCCC2)c(=S)n1-c1ccccc1. The molecule has 1 aliphatic heterocycles. The summed E-state index contributed by atoms with van der Waals surface area (Å²) in [6.45, 7) is 5.37. The van der Waals surface area contributed by atoms with Crippen molar-refractivity contribution in [3.63, 3.8) is 0 Å². The summed E-state index contributed by atoms with van der Waals surface area (Å²) in [5.74, 6) is 0.954. The van der Waals surface area contributed by atoms with E-state index in [0.29, 0.717) is 0 Å². The smallest absolute Gasteiger partial charge is 0.207 e. The Labute approximate surface area is 118 Å². The minimum absolute atomic E-state index is 0.795. The zero-order valence-electron chi connectivity index (χ0n) is 11.2. The number of likely N-dealkylation sites (tertiary alicyclic amines) is 1. The molecule has 2 heterocycles. The standard InChI is InChI=1S/C14H18N4S/c1-12-15-17(11-16-9-5-6-10-16)14(19)18(12)13-7-3-2-4-8-13/h2-4,7-8H,5-6,9-11H2,1H3/p+1. The van der Waals surface area contributed by atoms with Crippen molar-refractivity contribution in [2.75, 3.05) is 13.1 Å². The van der Waals surface area contributed by atoms with E-state index < -0.39 is 0 Å². The van der Waals surface area contributed by atoms with Gasteiger partial charge in [0.15, 0.2) is 6.67 Å². The molecule has 0 atom stereocenters. The number of aryl methyl sites for hydroxylation is 1. The summed E-state index contributed by atoms with van der Waals surface area (Å²) >= 11 is 5.58. The van der Waals surface area contributed by atoms with Crippen LogP contribution in [0.15, 0.2) is 30.3 Å². The van der Waals surface area contributed by atoms with Gasteiger partial charge in [0.05, 0.1) is 13.1 Å². The molecule has 0 unspecified atom stereocenters. The van der Waals surface area contributed by atoms with Gasteiger partial charge < -0.3 is 4.90 Å². The minimum atomic E-state index is 0.795. The van der Waals surface area contributed by atoms with Crippen molar-refractivity contribution in [1.82, 2.24) is 14.3 Å². The highest BCUT2D eigenvalue weighted by Gasteiger charge is 2.18. The monoisotopic (exact) mass is 275 g/mol. The van der Waals surface area contributed by atoms with Crippen molar-refractivity contribution < 1.29 is 4.90 Å². The first-order valence-corrected chi connectivity index (χ1v) is 7.22. The van der Waals surface area contributed by atoms with Crippen LogP contribution in [0.3, 0.4) is 0 Å². The lowest BCUT2D eigenvalue weighted by atomic mass is 10.3. The fraction of sp³-hybridized carbons (Fsp3) is 0.429. The van der Waals surface area contributed by atoms with E-state index in [1.165, 1.54) is 25.9 Å². The van der Waals surface area contributed by atoms with E-state index >= 15 is 0 Å². The van der Waals surface area contributed by atoms with Gasteiger partial charge in [-0.05, 0) is 31.3 Å². The van der Waals surface area contributed by atoms with Crippen LogP contribution in [-0.4, -0.2) is 27.4 Å². The maximum absolute atomic E-state index is 5.58. The van der Waals surface area contributed by atoms with Crippen molar-refractivity contribution in [3.8, 4) is 5.69 Å². The lowest BCUT2D eigenvalue weighted by molar-refractivity contribution is -0.911. The molecular formula is C14H19N4S+. The molecule has 0 saturated carbocycles. The number of nitrogens with one attached hydrogen (secondary N) is 1. The average molecular weight is 275 g/mol. The summed E-state index contributed by atoms with van der Waals surface area (Å²) in [5.41, 5.74) is 1.09. The number of nitrogens with zero attached hydrogens (tertiary/aromatic N) is 3. The average Bonchev–Trinajstić information content (AvgIpc) is 3.01. The van der Waals surface area contributed by atoms with Crippen LogP contribution in [0.2, 0.25) is 0 Å². The van der Waals surface area contributed by atoms with Gasteiger partial charge in [0, 0.05) is 18.5 Å². The molecule has 0 spiro atoms. The molecule has 1 fully saturated rings. The second-order valence-electron chi connectivity index (χ2n) is 5.12. The molecule has 1 N–H and O–H groups in total. The third kappa shape index (κ3) is 2.48. The maximum atomic E-state index is 5.58. The molecule has 2 aromatic rings. The first-order valence-electron chi connectivity index (χ1n) is 6.81. The Bertz CT molecular complexity index is 608. The number of rotatable bonds is 3. The molecule has 3 rings (SSSR count). The molecule has 0 amide bonds. The van der Waals surface area contributed by atoms with Gasteiger partial charge in [-0.3, -0.25) is 4.57 Å². The Morgan fingerprint density at radius 3 is 2.58 bits per heavy atom. The first kappa shape index (κ1) is 12.6. The van der Waals surface area contributed by atoms with E-state index in [4.69, 9.17) is 12.2 Å². The van der Waals surface area contributed by atoms with E-state index in [9.17, 15) is 0 Å². The number of para-hydroxylation sites is 1. The van der Waals surface area contributed by atoms with Gasteiger partial charge in [-0.2, -0.15) is 9.78 Å². The van der Waals surface area contributed by atoms with E-state index in [-0.39, 0.29) is 0 Å². The number of quaternary nitrogens is 1. The number of hydrogen-bond acceptors (Lipinski definition) is 2. The summed E-state index contributed by atoms with van der Waals surface area (Å²) < 4.78 is 4.81. The van der Waals surface area contributed by atoms with E-state index in [1.807, 2.05) is 34.4 Å². The van der Waals surface area contributed by atoms with Crippen LogP contribution in [0.1, 0.15) is 18.7 Å². The summed E-state index contributed by atoms with van der Waals surface area (Å²) in [4.78, 5) is 1.58. The van der Waals surface area contributed by atoms with Crippen molar-refractivity contribution >= 4 is 12.2 Å². The molecule has 1 aromatic carbocycles. The highest BCUT2D eigenvalue weighted by molar-refractivity contribution is 7.71. The molecule has 100 valence electrons. The predicted molar refractivity (Wildman–Crippen MR) is 77.1 cm³/mol. The normalized spacial score (nSPS) is 16.1. The molecule has 19 heavy (non-hydrogen) atoms. The maximum Gasteiger partial charge on any atom is 0.207 e. The summed E-state index contributed by atoms with van der Waals surface area (Å²) in [5, 5.41) is 4.60. The highest BCUT2D eigenvalue weighted by Crippen LogP contribution is 2.11. The van der Waals surface area contributed by atoms with Gasteiger partial charge >= 0.3 is 0 Å². The zero-order chi connectivity index (χ0) is 13.2. The Hall–Kier alpha value is -1.46. The Morgan fingerprint density at radius 1 is 1.21 bits per heavy atom. The van der Waals surface area contributed by atoms with Gasteiger partial charge in [-0.1, -0.05) is 18.2 Å². The van der Waals surface area contributed by atoms with Crippen molar-refractivity contribution in [3.05, 3.63) is 40.9 Å². The van der Waals surface area contributed by atoms with Crippen LogP contribution in [0.4, 0.5) is 0 Å². The summed E-state index contributed by atoms with van der Waals surface area (Å²) in [6.07, 6.45) is 2.64. The quantitative estimate of drug-likeness (QED) is 0.856. The Morgan fingerprint density at radius 2 is 1.89 bits per heavy atom. The molecule has 0 bridgehead atoms. The summed E-state index contributed by atoms with van der Waals surface area (Å²) in [6, 6.07) is 10.2. The van der Waals surface area contributed by atoms with Gasteiger partial charge in [0.25, 0.3) is 0 Å². The second-order valence-corrected chi connectivity index (χ2v) is 5.48. The zero-order valence-corrected chi connectivity index (χ0v) is 12.0. The number of benzene rings is 1. The lowest BCUT2D eigenvalue weighted by Crippen LogP contribution is -3.09. The van der Waals surface area contributed by atoms with Gasteiger partial charge in [-0.25, -0.2) is 0 Å². The van der Waals surface area contributed by atoms with Crippen LogP contribution in [-0.2, 0) is 6.67 Å². The van der Waals surface area contributed by atoms with Crippen LogP contribution in [0, 0.1) is 11.7 Å². The molecule has 1 aliphatic rings. The minimum Gasteiger partial charge on any atom is -0.316 e. The molecule has 0 aliphatic carbocycles. The molecule has 1 aromatic heterocycles. The lowest BCUT2D eigenvalue weighted by Gasteiger charge is -2.11. The molecule has 4 nitrogen and oxygen atoms in total. The highest BCUT2D eigenvalue weighted by atomic mass is 32.1. The largest absolute Gasteiger partial charge is 0.316 e. The summed E-state index contributed by atoms with van der Waals surface area (Å²) in [7, 11) is 0. The van der Waals surface area contributed by atoms with Crippen LogP contribution >= 0.6 is 12.2 Å².